The van der Waals surface area contributed by atoms with Gasteiger partial charge in [-0.3, -0.25) is 9.48 Å². The van der Waals surface area contributed by atoms with Gasteiger partial charge in [0.15, 0.2) is 0 Å². The van der Waals surface area contributed by atoms with Crippen LogP contribution >= 0.6 is 15.9 Å². The first-order valence-electron chi connectivity index (χ1n) is 8.98. The van der Waals surface area contributed by atoms with Gasteiger partial charge in [-0.1, -0.05) is 6.07 Å². The third-order valence-electron chi connectivity index (χ3n) is 4.83. The van der Waals surface area contributed by atoms with E-state index in [9.17, 15) is 9.18 Å². The second kappa shape index (κ2) is 7.71. The molecule has 3 heterocycles. The molecule has 1 unspecified atom stereocenters. The van der Waals surface area contributed by atoms with Crippen LogP contribution in [0.3, 0.4) is 0 Å². The van der Waals surface area contributed by atoms with Crippen molar-refractivity contribution in [1.82, 2.24) is 24.5 Å². The number of likely N-dealkylation sites (tertiary alicyclic amines) is 1. The first-order chi connectivity index (χ1) is 13.5. The van der Waals surface area contributed by atoms with Crippen LogP contribution in [0.25, 0.3) is 11.8 Å². The van der Waals surface area contributed by atoms with Crippen LogP contribution < -0.4 is 0 Å². The molecule has 0 saturated carbocycles. The maximum Gasteiger partial charge on any atom is 0.247 e. The van der Waals surface area contributed by atoms with E-state index < -0.39 is 5.82 Å². The molecule has 1 amide bonds. The lowest BCUT2D eigenvalue weighted by Gasteiger charge is -2.22. The Morgan fingerprint density at radius 2 is 2.14 bits per heavy atom. The van der Waals surface area contributed by atoms with Gasteiger partial charge in [0.25, 0.3) is 0 Å². The van der Waals surface area contributed by atoms with Crippen LogP contribution in [0.1, 0.15) is 30.0 Å². The number of carbonyl (C=O) groups excluding carboxylic acids is 1. The first-order valence-corrected chi connectivity index (χ1v) is 9.78. The number of aromatic nitrogens is 4. The first kappa shape index (κ1) is 18.6. The second-order valence-corrected chi connectivity index (χ2v) is 7.70. The zero-order valence-electron chi connectivity index (χ0n) is 15.3. The highest BCUT2D eigenvalue weighted by atomic mass is 79.9. The maximum atomic E-state index is 14.4. The number of amides is 1. The summed E-state index contributed by atoms with van der Waals surface area (Å²) >= 11 is 3.30. The van der Waals surface area contributed by atoms with E-state index in [0.717, 1.165) is 22.9 Å². The summed E-state index contributed by atoms with van der Waals surface area (Å²) in [6.45, 7) is 0.713. The van der Waals surface area contributed by atoms with Crippen molar-refractivity contribution in [1.29, 1.82) is 0 Å². The van der Waals surface area contributed by atoms with Crippen molar-refractivity contribution in [2.24, 2.45) is 7.05 Å². The molecule has 6 nitrogen and oxygen atoms in total. The molecule has 1 atom stereocenters. The Labute approximate surface area is 170 Å². The highest BCUT2D eigenvalue weighted by Crippen LogP contribution is 2.31. The number of aryl methyl sites for hydroxylation is 1. The normalized spacial score (nSPS) is 17.0. The molecule has 1 fully saturated rings. The average Bonchev–Trinajstić information content (AvgIpc) is 3.40. The molecule has 0 radical (unpaired) electrons. The van der Waals surface area contributed by atoms with E-state index in [0.29, 0.717) is 17.8 Å². The quantitative estimate of drug-likeness (QED) is 0.574. The summed E-state index contributed by atoms with van der Waals surface area (Å²) in [5.74, 6) is -0.480. The minimum Gasteiger partial charge on any atom is -0.332 e. The van der Waals surface area contributed by atoms with Gasteiger partial charge in [-0.2, -0.15) is 10.2 Å². The molecule has 0 aliphatic carbocycles. The van der Waals surface area contributed by atoms with Crippen molar-refractivity contribution in [2.75, 3.05) is 6.54 Å². The fourth-order valence-electron chi connectivity index (χ4n) is 3.50. The van der Waals surface area contributed by atoms with Gasteiger partial charge in [0.1, 0.15) is 11.5 Å². The van der Waals surface area contributed by atoms with E-state index in [1.165, 1.54) is 16.8 Å². The summed E-state index contributed by atoms with van der Waals surface area (Å²) in [4.78, 5) is 14.5. The molecule has 1 saturated heterocycles. The lowest BCUT2D eigenvalue weighted by Crippen LogP contribution is -2.28. The monoisotopic (exact) mass is 443 g/mol. The average molecular weight is 444 g/mol. The molecule has 0 spiro atoms. The van der Waals surface area contributed by atoms with E-state index in [1.54, 1.807) is 35.3 Å². The number of carbonyl (C=O) groups is 1. The fraction of sp³-hybridized carbons (Fsp3) is 0.250. The Balaban J connectivity index is 1.49. The molecule has 3 aromatic rings. The molecule has 4 rings (SSSR count). The molecule has 2 aromatic heterocycles. The molecule has 8 heteroatoms. The maximum absolute atomic E-state index is 14.4. The van der Waals surface area contributed by atoms with E-state index in [1.807, 2.05) is 24.3 Å². The fourth-order valence-corrected chi connectivity index (χ4v) is 3.78. The zero-order valence-corrected chi connectivity index (χ0v) is 16.9. The largest absolute Gasteiger partial charge is 0.332 e. The van der Waals surface area contributed by atoms with E-state index in [-0.39, 0.29) is 11.9 Å². The number of halogens is 2. The van der Waals surface area contributed by atoms with Crippen LogP contribution in [0.2, 0.25) is 0 Å². The van der Waals surface area contributed by atoms with Crippen molar-refractivity contribution in [2.45, 2.75) is 18.9 Å². The Morgan fingerprint density at radius 1 is 1.29 bits per heavy atom. The van der Waals surface area contributed by atoms with Crippen LogP contribution in [0, 0.1) is 5.82 Å². The minimum absolute atomic E-state index is 0.0447. The van der Waals surface area contributed by atoms with Crippen molar-refractivity contribution in [3.63, 3.8) is 0 Å². The zero-order chi connectivity index (χ0) is 19.7. The molecular formula is C20H19BrFN5O. The van der Waals surface area contributed by atoms with E-state index in [4.69, 9.17) is 0 Å². The Kier molecular flexibility index (Phi) is 5.13. The van der Waals surface area contributed by atoms with Crippen molar-refractivity contribution < 1.29 is 9.18 Å². The predicted molar refractivity (Wildman–Crippen MR) is 107 cm³/mol. The van der Waals surface area contributed by atoms with Crippen LogP contribution in [0.4, 0.5) is 4.39 Å². The minimum atomic E-state index is -0.403. The summed E-state index contributed by atoms with van der Waals surface area (Å²) in [5.41, 5.74) is 2.02. The van der Waals surface area contributed by atoms with Crippen molar-refractivity contribution in [3.8, 4) is 5.69 Å². The number of rotatable bonds is 4. The van der Waals surface area contributed by atoms with Crippen molar-refractivity contribution in [3.05, 3.63) is 70.5 Å². The third-order valence-corrected chi connectivity index (χ3v) is 5.24. The van der Waals surface area contributed by atoms with Crippen LogP contribution in [-0.4, -0.2) is 36.9 Å². The van der Waals surface area contributed by atoms with Gasteiger partial charge in [-0.05, 0) is 52.5 Å². The van der Waals surface area contributed by atoms with Crippen LogP contribution in [0.5, 0.6) is 0 Å². The van der Waals surface area contributed by atoms with Gasteiger partial charge in [0.05, 0.1) is 22.9 Å². The van der Waals surface area contributed by atoms with E-state index >= 15 is 0 Å². The van der Waals surface area contributed by atoms with Gasteiger partial charge in [0, 0.05) is 37.6 Å². The molecule has 0 N–H and O–H groups in total. The predicted octanol–water partition coefficient (Wildman–Crippen LogP) is 3.88. The SMILES string of the molecule is Cn1cc(C2CCCN2C(=O)/C=C/c2ccc(-n3cc(Br)cn3)c(F)c2)cn1. The summed E-state index contributed by atoms with van der Waals surface area (Å²) < 4.78 is 18.4. The van der Waals surface area contributed by atoms with Crippen molar-refractivity contribution >= 4 is 27.9 Å². The van der Waals surface area contributed by atoms with Gasteiger partial charge in [0.2, 0.25) is 5.91 Å². The Hall–Kier alpha value is -2.74. The molecule has 0 bridgehead atoms. The summed E-state index contributed by atoms with van der Waals surface area (Å²) in [6, 6.07) is 4.86. The highest BCUT2D eigenvalue weighted by molar-refractivity contribution is 9.10. The van der Waals surface area contributed by atoms with Crippen LogP contribution in [-0.2, 0) is 11.8 Å². The summed E-state index contributed by atoms with van der Waals surface area (Å²) in [7, 11) is 1.87. The summed E-state index contributed by atoms with van der Waals surface area (Å²) in [6.07, 6.45) is 12.1. The smallest absolute Gasteiger partial charge is 0.247 e. The molecular weight excluding hydrogens is 425 g/mol. The third kappa shape index (κ3) is 3.77. The van der Waals surface area contributed by atoms with Crippen LogP contribution in [0.15, 0.2) is 53.5 Å². The number of hydrogen-bond donors (Lipinski definition) is 0. The summed E-state index contributed by atoms with van der Waals surface area (Å²) in [5, 5.41) is 8.29. The number of hydrogen-bond acceptors (Lipinski definition) is 3. The van der Waals surface area contributed by atoms with E-state index in [2.05, 4.69) is 26.1 Å². The molecule has 144 valence electrons. The highest BCUT2D eigenvalue weighted by Gasteiger charge is 2.29. The van der Waals surface area contributed by atoms with Gasteiger partial charge in [-0.25, -0.2) is 9.07 Å². The number of nitrogens with zero attached hydrogens (tertiary/aromatic N) is 5. The molecule has 1 aliphatic heterocycles. The van der Waals surface area contributed by atoms with Gasteiger partial charge >= 0.3 is 0 Å². The lowest BCUT2D eigenvalue weighted by molar-refractivity contribution is -0.126. The molecule has 28 heavy (non-hydrogen) atoms. The van der Waals surface area contributed by atoms with Gasteiger partial charge < -0.3 is 4.90 Å². The molecule has 1 aromatic carbocycles. The standard InChI is InChI=1S/C20H19BrFN5O/c1-25-12-15(10-23-25)18-3-2-8-26(18)20(28)7-5-14-4-6-19(17(22)9-14)27-13-16(21)11-24-27/h4-7,9-13,18H,2-3,8H2,1H3/b7-5+. The Morgan fingerprint density at radius 3 is 2.82 bits per heavy atom. The lowest BCUT2D eigenvalue weighted by atomic mass is 10.1. The Bertz CT molecular complexity index is 1040. The van der Waals surface area contributed by atoms with Gasteiger partial charge in [-0.15, -0.1) is 0 Å². The topological polar surface area (TPSA) is 56.0 Å². The second-order valence-electron chi connectivity index (χ2n) is 6.78. The number of benzene rings is 1. The molecule has 1 aliphatic rings.